The number of ketones is 1. The molecule has 3 aromatic rings. The second-order valence-corrected chi connectivity index (χ2v) is 8.13. The van der Waals surface area contributed by atoms with Crippen LogP contribution in [0.1, 0.15) is 51.6 Å². The first-order chi connectivity index (χ1) is 15.4. The fourth-order valence-corrected chi connectivity index (χ4v) is 3.66. The van der Waals surface area contributed by atoms with Gasteiger partial charge in [0.2, 0.25) is 5.82 Å². The quantitative estimate of drug-likeness (QED) is 0.416. The van der Waals surface area contributed by atoms with Gasteiger partial charge in [-0.2, -0.15) is 5.21 Å². The van der Waals surface area contributed by atoms with E-state index >= 15 is 0 Å². The highest BCUT2D eigenvalue weighted by Gasteiger charge is 2.29. The molecule has 8 heteroatoms. The zero-order valence-corrected chi connectivity index (χ0v) is 18.6. The smallest absolute Gasteiger partial charge is 0.320 e. The number of carbonyl (C=O) groups is 2. The van der Waals surface area contributed by atoms with Gasteiger partial charge in [-0.05, 0) is 34.2 Å². The van der Waals surface area contributed by atoms with Gasteiger partial charge >= 0.3 is 5.97 Å². The van der Waals surface area contributed by atoms with Crippen molar-refractivity contribution in [1.29, 1.82) is 0 Å². The normalized spacial score (nSPS) is 13.1. The van der Waals surface area contributed by atoms with Gasteiger partial charge in [-0.25, -0.2) is 0 Å². The van der Waals surface area contributed by atoms with E-state index in [9.17, 15) is 14.7 Å². The SMILES string of the molecule is CCCCC(=O)C(N[C@H](C(=O)O)C(C)C)c1ccc(-c2ccccc2-c2nn[nH]n2)cc1. The summed E-state index contributed by atoms with van der Waals surface area (Å²) in [4.78, 5) is 24.7. The Hall–Kier alpha value is -3.39. The molecule has 0 aliphatic carbocycles. The first-order valence-corrected chi connectivity index (χ1v) is 10.9. The van der Waals surface area contributed by atoms with E-state index in [0.717, 1.165) is 35.1 Å². The molecule has 0 aliphatic heterocycles. The van der Waals surface area contributed by atoms with Gasteiger partial charge in [0.1, 0.15) is 6.04 Å². The molecule has 1 heterocycles. The number of carboxylic acids is 1. The average molecular weight is 436 g/mol. The summed E-state index contributed by atoms with van der Waals surface area (Å²) in [5.74, 6) is -0.618. The molecule has 0 aliphatic rings. The number of rotatable bonds is 11. The Labute approximate surface area is 187 Å². The number of Topliss-reactive ketones (excluding diaryl/α,β-unsaturated/α-hetero) is 1. The van der Waals surface area contributed by atoms with Crippen molar-refractivity contribution in [3.05, 3.63) is 54.1 Å². The maximum atomic E-state index is 13.0. The molecule has 2 aromatic carbocycles. The van der Waals surface area contributed by atoms with Crippen molar-refractivity contribution in [2.24, 2.45) is 5.92 Å². The summed E-state index contributed by atoms with van der Waals surface area (Å²) < 4.78 is 0. The van der Waals surface area contributed by atoms with Crippen molar-refractivity contribution < 1.29 is 14.7 Å². The van der Waals surface area contributed by atoms with Crippen LogP contribution in [0.2, 0.25) is 0 Å². The van der Waals surface area contributed by atoms with Crippen LogP contribution >= 0.6 is 0 Å². The molecule has 3 rings (SSSR count). The summed E-state index contributed by atoms with van der Waals surface area (Å²) in [6, 6.07) is 13.9. The molecule has 0 radical (unpaired) electrons. The number of carbonyl (C=O) groups excluding carboxylic acids is 1. The summed E-state index contributed by atoms with van der Waals surface area (Å²) in [5, 5.41) is 27.0. The molecule has 0 saturated heterocycles. The van der Waals surface area contributed by atoms with E-state index in [-0.39, 0.29) is 11.7 Å². The fraction of sp³-hybridized carbons (Fsp3) is 0.375. The van der Waals surface area contributed by atoms with Gasteiger partial charge in [0, 0.05) is 12.0 Å². The molecule has 0 amide bonds. The molecular formula is C24H29N5O3. The van der Waals surface area contributed by atoms with E-state index in [1.165, 1.54) is 0 Å². The molecule has 3 N–H and O–H groups in total. The van der Waals surface area contributed by atoms with Crippen LogP contribution < -0.4 is 5.32 Å². The lowest BCUT2D eigenvalue weighted by molar-refractivity contribution is -0.141. The van der Waals surface area contributed by atoms with E-state index in [4.69, 9.17) is 0 Å². The number of aliphatic carboxylic acids is 1. The summed E-state index contributed by atoms with van der Waals surface area (Å²) in [6.45, 7) is 5.69. The highest BCUT2D eigenvalue weighted by Crippen LogP contribution is 2.31. The Morgan fingerprint density at radius 3 is 2.31 bits per heavy atom. The molecule has 168 valence electrons. The largest absolute Gasteiger partial charge is 0.480 e. The maximum absolute atomic E-state index is 13.0. The summed E-state index contributed by atoms with van der Waals surface area (Å²) >= 11 is 0. The molecule has 0 bridgehead atoms. The first kappa shape index (κ1) is 23.3. The number of aromatic amines is 1. The van der Waals surface area contributed by atoms with Crippen molar-refractivity contribution in [3.8, 4) is 22.5 Å². The van der Waals surface area contributed by atoms with Crippen molar-refractivity contribution in [3.63, 3.8) is 0 Å². The molecule has 0 fully saturated rings. The van der Waals surface area contributed by atoms with Gasteiger partial charge in [0.25, 0.3) is 0 Å². The minimum atomic E-state index is -0.959. The second kappa shape index (κ2) is 10.8. The second-order valence-electron chi connectivity index (χ2n) is 8.13. The summed E-state index contributed by atoms with van der Waals surface area (Å²) in [5.41, 5.74) is 3.47. The van der Waals surface area contributed by atoms with Crippen molar-refractivity contribution >= 4 is 11.8 Å². The average Bonchev–Trinajstić information content (AvgIpc) is 3.32. The number of benzene rings is 2. The Bertz CT molecular complexity index is 1030. The van der Waals surface area contributed by atoms with E-state index in [1.54, 1.807) is 0 Å². The van der Waals surface area contributed by atoms with E-state index < -0.39 is 18.1 Å². The molecule has 2 atom stereocenters. The Morgan fingerprint density at radius 1 is 1.06 bits per heavy atom. The molecular weight excluding hydrogens is 406 g/mol. The highest BCUT2D eigenvalue weighted by molar-refractivity contribution is 5.87. The van der Waals surface area contributed by atoms with Crippen molar-refractivity contribution in [1.82, 2.24) is 25.9 Å². The van der Waals surface area contributed by atoms with Gasteiger partial charge < -0.3 is 5.11 Å². The van der Waals surface area contributed by atoms with Crippen LogP contribution in [-0.2, 0) is 9.59 Å². The van der Waals surface area contributed by atoms with Crippen LogP contribution in [0, 0.1) is 5.92 Å². The van der Waals surface area contributed by atoms with E-state index in [2.05, 4.69) is 25.9 Å². The fourth-order valence-electron chi connectivity index (χ4n) is 3.66. The van der Waals surface area contributed by atoms with Gasteiger partial charge in [-0.1, -0.05) is 75.7 Å². The molecule has 1 unspecified atom stereocenters. The minimum absolute atomic E-state index is 0.00121. The van der Waals surface area contributed by atoms with Crippen LogP contribution in [0.25, 0.3) is 22.5 Å². The lowest BCUT2D eigenvalue weighted by Gasteiger charge is -2.25. The van der Waals surface area contributed by atoms with Gasteiger partial charge in [0.05, 0.1) is 6.04 Å². The number of nitrogens with zero attached hydrogens (tertiary/aromatic N) is 3. The number of carboxylic acid groups (broad SMARTS) is 1. The minimum Gasteiger partial charge on any atom is -0.480 e. The van der Waals surface area contributed by atoms with Crippen molar-refractivity contribution in [2.45, 2.75) is 52.1 Å². The number of hydrogen-bond acceptors (Lipinski definition) is 6. The lowest BCUT2D eigenvalue weighted by Crippen LogP contribution is -2.45. The Morgan fingerprint density at radius 2 is 1.75 bits per heavy atom. The number of nitrogens with one attached hydrogen (secondary N) is 2. The van der Waals surface area contributed by atoms with Crippen LogP contribution in [0.4, 0.5) is 0 Å². The standard InChI is InChI=1S/C24H29N5O3/c1-4-5-10-20(30)22(25-21(15(2)3)24(31)32)17-13-11-16(12-14-17)18-8-6-7-9-19(18)23-26-28-29-27-23/h6-9,11-15,21-22,25H,4-5,10H2,1-3H3,(H,31,32)(H,26,27,28,29)/t21-,22?/m0/s1. The third-order valence-electron chi connectivity index (χ3n) is 5.45. The maximum Gasteiger partial charge on any atom is 0.320 e. The van der Waals surface area contributed by atoms with Crippen molar-refractivity contribution in [2.75, 3.05) is 0 Å². The van der Waals surface area contributed by atoms with Crippen LogP contribution in [-0.4, -0.2) is 43.5 Å². The molecule has 8 nitrogen and oxygen atoms in total. The van der Waals surface area contributed by atoms with Gasteiger partial charge in [0.15, 0.2) is 5.78 Å². The zero-order valence-electron chi connectivity index (χ0n) is 18.6. The number of aromatic nitrogens is 4. The molecule has 0 spiro atoms. The van der Waals surface area contributed by atoms with E-state index in [0.29, 0.717) is 12.2 Å². The molecule has 1 aromatic heterocycles. The lowest BCUT2D eigenvalue weighted by atomic mass is 9.93. The van der Waals surface area contributed by atoms with Gasteiger partial charge in [-0.15, -0.1) is 10.2 Å². The zero-order chi connectivity index (χ0) is 23.1. The Balaban J connectivity index is 1.93. The predicted octanol–water partition coefficient (Wildman–Crippen LogP) is 4.03. The third kappa shape index (κ3) is 5.45. The highest BCUT2D eigenvalue weighted by atomic mass is 16.4. The van der Waals surface area contributed by atoms with Crippen LogP contribution in [0.15, 0.2) is 48.5 Å². The monoisotopic (exact) mass is 435 g/mol. The van der Waals surface area contributed by atoms with E-state index in [1.807, 2.05) is 69.3 Å². The predicted molar refractivity (Wildman–Crippen MR) is 122 cm³/mol. The Kier molecular flexibility index (Phi) is 7.83. The summed E-state index contributed by atoms with van der Waals surface area (Å²) in [7, 11) is 0. The summed E-state index contributed by atoms with van der Waals surface area (Å²) in [6.07, 6.45) is 2.07. The molecule has 0 saturated carbocycles. The van der Waals surface area contributed by atoms with Crippen LogP contribution in [0.5, 0.6) is 0 Å². The number of tetrazole rings is 1. The number of H-pyrrole nitrogens is 1. The molecule has 32 heavy (non-hydrogen) atoms. The number of unbranched alkanes of at least 4 members (excludes halogenated alkanes) is 1. The number of hydrogen-bond donors (Lipinski definition) is 3. The van der Waals surface area contributed by atoms with Gasteiger partial charge in [-0.3, -0.25) is 14.9 Å². The first-order valence-electron chi connectivity index (χ1n) is 10.9. The topological polar surface area (TPSA) is 121 Å². The third-order valence-corrected chi connectivity index (χ3v) is 5.45. The van der Waals surface area contributed by atoms with Crippen LogP contribution in [0.3, 0.4) is 0 Å².